The monoisotopic (exact) mass is 348 g/mol. The Balaban J connectivity index is 1.98. The van der Waals surface area contributed by atoms with Gasteiger partial charge in [-0.1, -0.05) is 41.4 Å². The minimum atomic E-state index is -1.22. The van der Waals surface area contributed by atoms with Gasteiger partial charge in [0.2, 0.25) is 0 Å². The largest absolute Gasteiger partial charge is 0.548 e. The Labute approximate surface area is 143 Å². The van der Waals surface area contributed by atoms with Crippen LogP contribution >= 0.6 is 23.2 Å². The van der Waals surface area contributed by atoms with Gasteiger partial charge in [-0.15, -0.1) is 0 Å². The summed E-state index contributed by atoms with van der Waals surface area (Å²) in [5.74, 6) is -0.768. The Hall–Kier alpha value is -1.91. The molecule has 4 nitrogen and oxygen atoms in total. The molecule has 0 bridgehead atoms. The van der Waals surface area contributed by atoms with Gasteiger partial charge in [-0.2, -0.15) is 0 Å². The van der Waals surface area contributed by atoms with Crippen LogP contribution in [0, 0.1) is 6.92 Å². The van der Waals surface area contributed by atoms with E-state index in [0.717, 1.165) is 22.4 Å². The summed E-state index contributed by atoms with van der Waals surface area (Å²) >= 11 is 12.5. The third-order valence-electron chi connectivity index (χ3n) is 4.46. The molecule has 3 unspecified atom stereocenters. The van der Waals surface area contributed by atoms with Gasteiger partial charge in [0.1, 0.15) is 17.9 Å². The topological polar surface area (TPSA) is 61.4 Å². The molecule has 6 heteroatoms. The molecule has 23 heavy (non-hydrogen) atoms. The quantitative estimate of drug-likeness (QED) is 0.860. The lowest BCUT2D eigenvalue weighted by atomic mass is 9.81. The van der Waals surface area contributed by atoms with Crippen molar-refractivity contribution in [3.05, 3.63) is 57.1 Å². The SMILES string of the molecule is Cc1cccc2c1OC1C(C(=O)[O-])Nc3cc(Cl)cc(Cl)c3C21. The smallest absolute Gasteiger partial charge is 0.135 e. The van der Waals surface area contributed by atoms with Crippen LogP contribution in [0.1, 0.15) is 22.6 Å². The highest BCUT2D eigenvalue weighted by atomic mass is 35.5. The second kappa shape index (κ2) is 5.05. The summed E-state index contributed by atoms with van der Waals surface area (Å²) in [7, 11) is 0. The molecule has 2 aromatic rings. The first-order chi connectivity index (χ1) is 11.0. The minimum Gasteiger partial charge on any atom is -0.548 e. The van der Waals surface area contributed by atoms with E-state index in [1.807, 2.05) is 25.1 Å². The number of aryl methyl sites for hydroxylation is 1. The average molecular weight is 349 g/mol. The van der Waals surface area contributed by atoms with Gasteiger partial charge in [-0.25, -0.2) is 0 Å². The highest BCUT2D eigenvalue weighted by molar-refractivity contribution is 6.35. The van der Waals surface area contributed by atoms with E-state index < -0.39 is 18.1 Å². The van der Waals surface area contributed by atoms with E-state index in [-0.39, 0.29) is 5.92 Å². The molecular weight excluding hydrogens is 337 g/mol. The fourth-order valence-electron chi connectivity index (χ4n) is 3.51. The number of carbonyl (C=O) groups excluding carboxylic acids is 1. The molecule has 0 spiro atoms. The third-order valence-corrected chi connectivity index (χ3v) is 4.99. The van der Waals surface area contributed by atoms with Crippen LogP contribution in [-0.2, 0) is 4.79 Å². The number of benzene rings is 2. The van der Waals surface area contributed by atoms with Crippen molar-refractivity contribution in [1.82, 2.24) is 0 Å². The Morgan fingerprint density at radius 3 is 2.83 bits per heavy atom. The lowest BCUT2D eigenvalue weighted by Gasteiger charge is -2.37. The Morgan fingerprint density at radius 1 is 1.30 bits per heavy atom. The van der Waals surface area contributed by atoms with E-state index in [4.69, 9.17) is 27.9 Å². The van der Waals surface area contributed by atoms with Crippen molar-refractivity contribution in [2.24, 2.45) is 0 Å². The Bertz CT molecular complexity index is 837. The number of nitrogens with one attached hydrogen (secondary N) is 1. The Kier molecular flexibility index (Phi) is 3.22. The number of carboxylic acids is 1. The number of hydrogen-bond acceptors (Lipinski definition) is 4. The zero-order valence-electron chi connectivity index (χ0n) is 12.1. The highest BCUT2D eigenvalue weighted by Gasteiger charge is 2.46. The fourth-order valence-corrected chi connectivity index (χ4v) is 4.12. The summed E-state index contributed by atoms with van der Waals surface area (Å²) in [6.45, 7) is 1.93. The number of carboxylic acid groups (broad SMARTS) is 1. The standard InChI is InChI=1S/C17H13Cl2NO3/c1-7-3-2-4-9-12-13-10(19)5-8(18)6-11(13)20-14(17(21)22)16(12)23-15(7)9/h2-6,12,14,16,20H,1H3,(H,21,22)/p-1. The molecule has 0 saturated carbocycles. The van der Waals surface area contributed by atoms with Crippen molar-refractivity contribution in [1.29, 1.82) is 0 Å². The third kappa shape index (κ3) is 2.09. The molecule has 0 aromatic heterocycles. The fraction of sp³-hybridized carbons (Fsp3) is 0.235. The number of fused-ring (bicyclic) bond motifs is 5. The maximum Gasteiger partial charge on any atom is 0.135 e. The van der Waals surface area contributed by atoms with Crippen molar-refractivity contribution in [2.45, 2.75) is 25.0 Å². The molecule has 0 radical (unpaired) electrons. The van der Waals surface area contributed by atoms with Crippen LogP contribution in [0.25, 0.3) is 0 Å². The molecule has 3 atom stereocenters. The number of para-hydroxylation sites is 1. The maximum absolute atomic E-state index is 11.6. The zero-order chi connectivity index (χ0) is 16.3. The first kappa shape index (κ1) is 14.7. The molecule has 2 aliphatic heterocycles. The van der Waals surface area contributed by atoms with Crippen LogP contribution in [0.2, 0.25) is 10.0 Å². The predicted octanol–water partition coefficient (Wildman–Crippen LogP) is 2.74. The number of halogens is 2. The van der Waals surface area contributed by atoms with E-state index >= 15 is 0 Å². The van der Waals surface area contributed by atoms with E-state index in [0.29, 0.717) is 15.7 Å². The van der Waals surface area contributed by atoms with Crippen LogP contribution in [0.5, 0.6) is 5.75 Å². The molecule has 4 rings (SSSR count). The van der Waals surface area contributed by atoms with E-state index in [1.54, 1.807) is 12.1 Å². The molecule has 118 valence electrons. The number of anilines is 1. The van der Waals surface area contributed by atoms with Crippen LogP contribution in [0.4, 0.5) is 5.69 Å². The van der Waals surface area contributed by atoms with Crippen molar-refractivity contribution in [3.8, 4) is 5.75 Å². The average Bonchev–Trinajstić information content (AvgIpc) is 2.86. The first-order valence-electron chi connectivity index (χ1n) is 7.20. The first-order valence-corrected chi connectivity index (χ1v) is 7.95. The van der Waals surface area contributed by atoms with Gasteiger partial charge in [0.25, 0.3) is 0 Å². The molecular formula is C17H12Cl2NO3-. The summed E-state index contributed by atoms with van der Waals surface area (Å²) in [5.41, 5.74) is 3.31. The van der Waals surface area contributed by atoms with Gasteiger partial charge in [-0.05, 0) is 24.6 Å². The van der Waals surface area contributed by atoms with Gasteiger partial charge in [0.15, 0.2) is 0 Å². The van der Waals surface area contributed by atoms with Crippen molar-refractivity contribution < 1.29 is 14.6 Å². The maximum atomic E-state index is 11.6. The molecule has 0 saturated heterocycles. The number of rotatable bonds is 1. The van der Waals surface area contributed by atoms with Crippen LogP contribution in [0.15, 0.2) is 30.3 Å². The predicted molar refractivity (Wildman–Crippen MR) is 86.3 cm³/mol. The van der Waals surface area contributed by atoms with Gasteiger partial charge in [-0.3, -0.25) is 0 Å². The number of ether oxygens (including phenoxy) is 1. The molecule has 2 aromatic carbocycles. The number of aliphatic carboxylic acids is 1. The van der Waals surface area contributed by atoms with Crippen molar-refractivity contribution >= 4 is 34.9 Å². The normalized spacial score (nSPS) is 24.0. The second-order valence-corrected chi connectivity index (χ2v) is 6.69. The van der Waals surface area contributed by atoms with Crippen LogP contribution < -0.4 is 15.2 Å². The Morgan fingerprint density at radius 2 is 2.09 bits per heavy atom. The van der Waals surface area contributed by atoms with E-state index in [1.165, 1.54) is 0 Å². The summed E-state index contributed by atoms with van der Waals surface area (Å²) in [6.07, 6.45) is -0.609. The van der Waals surface area contributed by atoms with E-state index in [2.05, 4.69) is 5.32 Å². The highest BCUT2D eigenvalue weighted by Crippen LogP contribution is 2.52. The summed E-state index contributed by atoms with van der Waals surface area (Å²) < 4.78 is 5.98. The molecule has 0 amide bonds. The van der Waals surface area contributed by atoms with Crippen molar-refractivity contribution in [2.75, 3.05) is 5.32 Å². The van der Waals surface area contributed by atoms with Gasteiger partial charge >= 0.3 is 0 Å². The molecule has 2 heterocycles. The van der Waals surface area contributed by atoms with Crippen molar-refractivity contribution in [3.63, 3.8) is 0 Å². The molecule has 0 fully saturated rings. The lowest BCUT2D eigenvalue weighted by molar-refractivity contribution is -0.308. The van der Waals surface area contributed by atoms with Crippen LogP contribution in [-0.4, -0.2) is 18.1 Å². The van der Waals surface area contributed by atoms with Gasteiger partial charge in [0, 0.05) is 26.9 Å². The minimum absolute atomic E-state index is 0.270. The van der Waals surface area contributed by atoms with E-state index in [9.17, 15) is 9.90 Å². The van der Waals surface area contributed by atoms with Gasteiger partial charge in [0.05, 0.1) is 11.9 Å². The van der Waals surface area contributed by atoms with Gasteiger partial charge < -0.3 is 20.0 Å². The molecule has 2 aliphatic rings. The second-order valence-electron chi connectivity index (χ2n) is 5.84. The summed E-state index contributed by atoms with van der Waals surface area (Å²) in [5, 5.41) is 15.5. The molecule has 1 N–H and O–H groups in total. The number of hydrogen-bond donors (Lipinski definition) is 1. The lowest BCUT2D eigenvalue weighted by Crippen LogP contribution is -2.53. The number of carbonyl (C=O) groups is 1. The summed E-state index contributed by atoms with van der Waals surface area (Å²) in [4.78, 5) is 11.6. The summed E-state index contributed by atoms with van der Waals surface area (Å²) in [6, 6.07) is 8.17. The zero-order valence-corrected chi connectivity index (χ0v) is 13.6. The molecule has 0 aliphatic carbocycles. The van der Waals surface area contributed by atoms with Crippen LogP contribution in [0.3, 0.4) is 0 Å².